The van der Waals surface area contributed by atoms with Crippen LogP contribution in [0, 0.1) is 5.82 Å². The van der Waals surface area contributed by atoms with E-state index < -0.39 is 5.82 Å². The second-order valence-corrected chi connectivity index (χ2v) is 4.76. The van der Waals surface area contributed by atoms with Gasteiger partial charge in [0.1, 0.15) is 11.6 Å². The van der Waals surface area contributed by atoms with Gasteiger partial charge in [0.15, 0.2) is 0 Å². The monoisotopic (exact) mass is 323 g/mol. The van der Waals surface area contributed by atoms with Crippen LogP contribution in [0.5, 0.6) is 5.75 Å². The van der Waals surface area contributed by atoms with Gasteiger partial charge in [-0.3, -0.25) is 4.79 Å². The number of anilines is 1. The highest BCUT2D eigenvalue weighted by atomic mass is 79.9. The van der Waals surface area contributed by atoms with Crippen molar-refractivity contribution in [1.29, 1.82) is 0 Å². The highest BCUT2D eigenvalue weighted by Crippen LogP contribution is 2.19. The number of halogens is 2. The number of nitrogens with one attached hydrogen (secondary N) is 1. The van der Waals surface area contributed by atoms with Crippen LogP contribution in [0.2, 0.25) is 0 Å². The summed E-state index contributed by atoms with van der Waals surface area (Å²) in [6.45, 7) is 0. The summed E-state index contributed by atoms with van der Waals surface area (Å²) in [6.07, 6.45) is 0. The fraction of sp³-hybridized carbons (Fsp3) is 0.0714. The molecule has 0 heterocycles. The van der Waals surface area contributed by atoms with Gasteiger partial charge in [0, 0.05) is 21.8 Å². The SMILES string of the molecule is COc1cccc(NC(=O)c2cc(F)cc(Br)c2)c1. The lowest BCUT2D eigenvalue weighted by Gasteiger charge is -2.07. The largest absolute Gasteiger partial charge is 0.497 e. The maximum Gasteiger partial charge on any atom is 0.255 e. The molecule has 0 aliphatic rings. The van der Waals surface area contributed by atoms with E-state index in [0.29, 0.717) is 15.9 Å². The highest BCUT2D eigenvalue weighted by molar-refractivity contribution is 9.10. The van der Waals surface area contributed by atoms with Crippen molar-refractivity contribution in [3.63, 3.8) is 0 Å². The van der Waals surface area contributed by atoms with E-state index in [2.05, 4.69) is 21.2 Å². The van der Waals surface area contributed by atoms with Crippen molar-refractivity contribution >= 4 is 27.5 Å². The minimum Gasteiger partial charge on any atom is -0.497 e. The summed E-state index contributed by atoms with van der Waals surface area (Å²) in [7, 11) is 1.55. The van der Waals surface area contributed by atoms with Crippen molar-refractivity contribution in [2.45, 2.75) is 0 Å². The molecule has 2 aromatic carbocycles. The van der Waals surface area contributed by atoms with Gasteiger partial charge in [-0.25, -0.2) is 4.39 Å². The summed E-state index contributed by atoms with van der Waals surface area (Å²) < 4.78 is 18.8. The number of carbonyl (C=O) groups is 1. The van der Waals surface area contributed by atoms with Crippen LogP contribution in [-0.2, 0) is 0 Å². The third kappa shape index (κ3) is 3.54. The lowest BCUT2D eigenvalue weighted by molar-refractivity contribution is 0.102. The van der Waals surface area contributed by atoms with Crippen LogP contribution in [0.3, 0.4) is 0 Å². The van der Waals surface area contributed by atoms with E-state index in [9.17, 15) is 9.18 Å². The summed E-state index contributed by atoms with van der Waals surface area (Å²) >= 11 is 3.15. The summed E-state index contributed by atoms with van der Waals surface area (Å²) in [5.74, 6) is -0.211. The fourth-order valence-electron chi connectivity index (χ4n) is 1.59. The van der Waals surface area contributed by atoms with Crippen molar-refractivity contribution in [1.82, 2.24) is 0 Å². The van der Waals surface area contributed by atoms with Crippen molar-refractivity contribution < 1.29 is 13.9 Å². The number of ether oxygens (including phenoxy) is 1. The molecule has 0 aliphatic heterocycles. The van der Waals surface area contributed by atoms with Gasteiger partial charge in [0.25, 0.3) is 5.91 Å². The summed E-state index contributed by atoms with van der Waals surface area (Å²) in [6, 6.07) is 11.0. The lowest BCUT2D eigenvalue weighted by Crippen LogP contribution is -2.12. The van der Waals surface area contributed by atoms with Gasteiger partial charge in [-0.2, -0.15) is 0 Å². The van der Waals surface area contributed by atoms with Crippen LogP contribution in [0.1, 0.15) is 10.4 Å². The van der Waals surface area contributed by atoms with E-state index in [0.717, 1.165) is 0 Å². The van der Waals surface area contributed by atoms with Crippen LogP contribution in [0.15, 0.2) is 46.9 Å². The molecule has 2 aromatic rings. The van der Waals surface area contributed by atoms with Crippen LogP contribution in [-0.4, -0.2) is 13.0 Å². The van der Waals surface area contributed by atoms with Gasteiger partial charge in [-0.1, -0.05) is 22.0 Å². The van der Waals surface area contributed by atoms with Gasteiger partial charge in [-0.05, 0) is 30.3 Å². The van der Waals surface area contributed by atoms with Crippen molar-refractivity contribution in [2.75, 3.05) is 12.4 Å². The first kappa shape index (κ1) is 13.5. The molecule has 0 aliphatic carbocycles. The molecule has 98 valence electrons. The molecule has 2 rings (SSSR count). The topological polar surface area (TPSA) is 38.3 Å². The third-order valence-electron chi connectivity index (χ3n) is 2.45. The normalized spacial score (nSPS) is 10.1. The molecule has 3 nitrogen and oxygen atoms in total. The van der Waals surface area contributed by atoms with Crippen LogP contribution < -0.4 is 10.1 Å². The Morgan fingerprint density at radius 2 is 2.05 bits per heavy atom. The number of hydrogen-bond acceptors (Lipinski definition) is 2. The average Bonchev–Trinajstić information content (AvgIpc) is 2.37. The zero-order valence-corrected chi connectivity index (χ0v) is 11.7. The summed E-state index contributed by atoms with van der Waals surface area (Å²) in [5.41, 5.74) is 0.833. The Morgan fingerprint density at radius 1 is 1.26 bits per heavy atom. The molecule has 0 spiro atoms. The zero-order valence-electron chi connectivity index (χ0n) is 10.1. The van der Waals surface area contributed by atoms with Gasteiger partial charge in [-0.15, -0.1) is 0 Å². The number of carbonyl (C=O) groups excluding carboxylic acids is 1. The number of benzene rings is 2. The van der Waals surface area contributed by atoms with Gasteiger partial charge >= 0.3 is 0 Å². The Labute approximate surface area is 118 Å². The second-order valence-electron chi connectivity index (χ2n) is 3.84. The average molecular weight is 324 g/mol. The van der Waals surface area contributed by atoms with Crippen LogP contribution in [0.25, 0.3) is 0 Å². The standard InChI is InChI=1S/C14H11BrFNO2/c1-19-13-4-2-3-12(8-13)17-14(18)9-5-10(15)7-11(16)6-9/h2-8H,1H3,(H,17,18). The molecule has 1 N–H and O–H groups in total. The fourth-order valence-corrected chi connectivity index (χ4v) is 2.05. The summed E-state index contributed by atoms with van der Waals surface area (Å²) in [5, 5.41) is 2.68. The van der Waals surface area contributed by atoms with Gasteiger partial charge < -0.3 is 10.1 Å². The summed E-state index contributed by atoms with van der Waals surface area (Å²) in [4.78, 5) is 12.0. The minimum absolute atomic E-state index is 0.245. The maximum absolute atomic E-state index is 13.2. The lowest BCUT2D eigenvalue weighted by atomic mass is 10.2. The van der Waals surface area contributed by atoms with Gasteiger partial charge in [0.2, 0.25) is 0 Å². The highest BCUT2D eigenvalue weighted by Gasteiger charge is 2.09. The quantitative estimate of drug-likeness (QED) is 0.931. The zero-order chi connectivity index (χ0) is 13.8. The third-order valence-corrected chi connectivity index (χ3v) is 2.91. The molecule has 0 aromatic heterocycles. The number of hydrogen-bond donors (Lipinski definition) is 1. The Hall–Kier alpha value is -1.88. The second kappa shape index (κ2) is 5.84. The number of rotatable bonds is 3. The first-order valence-corrected chi connectivity index (χ1v) is 6.29. The Bertz CT molecular complexity index is 596. The van der Waals surface area contributed by atoms with Crippen LogP contribution in [0.4, 0.5) is 10.1 Å². The molecule has 5 heteroatoms. The molecule has 1 amide bonds. The maximum atomic E-state index is 13.2. The van der Waals surface area contributed by atoms with Crippen LogP contribution >= 0.6 is 15.9 Å². The molecule has 0 saturated heterocycles. The van der Waals surface area contributed by atoms with E-state index in [1.807, 2.05) is 0 Å². The first-order chi connectivity index (χ1) is 9.08. The number of amides is 1. The Kier molecular flexibility index (Phi) is 4.16. The molecule has 0 fully saturated rings. The predicted octanol–water partition coefficient (Wildman–Crippen LogP) is 3.85. The van der Waals surface area contributed by atoms with Crippen molar-refractivity contribution in [3.8, 4) is 5.75 Å². The predicted molar refractivity (Wildman–Crippen MR) is 75.0 cm³/mol. The van der Waals surface area contributed by atoms with E-state index in [-0.39, 0.29) is 11.5 Å². The van der Waals surface area contributed by atoms with E-state index in [4.69, 9.17) is 4.74 Å². The molecule has 0 saturated carbocycles. The molecule has 0 unspecified atom stereocenters. The van der Waals surface area contributed by atoms with E-state index in [1.165, 1.54) is 12.1 Å². The molecule has 0 bridgehead atoms. The van der Waals surface area contributed by atoms with E-state index >= 15 is 0 Å². The Morgan fingerprint density at radius 3 is 2.74 bits per heavy atom. The van der Waals surface area contributed by atoms with E-state index in [1.54, 1.807) is 37.4 Å². The van der Waals surface area contributed by atoms with Gasteiger partial charge in [0.05, 0.1) is 7.11 Å². The van der Waals surface area contributed by atoms with Crippen molar-refractivity contribution in [3.05, 3.63) is 58.3 Å². The Balaban J connectivity index is 2.20. The molecule has 0 radical (unpaired) electrons. The minimum atomic E-state index is -0.467. The number of methoxy groups -OCH3 is 1. The molecular formula is C14H11BrFNO2. The first-order valence-electron chi connectivity index (χ1n) is 5.50. The molecular weight excluding hydrogens is 313 g/mol. The molecule has 19 heavy (non-hydrogen) atoms. The molecule has 0 atom stereocenters. The smallest absolute Gasteiger partial charge is 0.255 e. The van der Waals surface area contributed by atoms with Crippen molar-refractivity contribution in [2.24, 2.45) is 0 Å².